The van der Waals surface area contributed by atoms with Crippen LogP contribution in [0.2, 0.25) is 0 Å². The van der Waals surface area contributed by atoms with Crippen molar-refractivity contribution in [3.05, 3.63) is 113 Å². The minimum Gasteiger partial charge on any atom is -0.352 e. The van der Waals surface area contributed by atoms with Crippen molar-refractivity contribution in [1.82, 2.24) is 14.5 Å². The number of nitrogens with zero attached hydrogens (tertiary/aromatic N) is 2. The molecule has 0 spiro atoms. The summed E-state index contributed by atoms with van der Waals surface area (Å²) in [6.07, 6.45) is 4.26. The van der Waals surface area contributed by atoms with E-state index in [-0.39, 0.29) is 23.4 Å². The van der Waals surface area contributed by atoms with Crippen LogP contribution in [0.25, 0.3) is 10.8 Å². The van der Waals surface area contributed by atoms with Crippen molar-refractivity contribution in [2.75, 3.05) is 13.6 Å². The third-order valence-corrected chi connectivity index (χ3v) is 10.3. The summed E-state index contributed by atoms with van der Waals surface area (Å²) in [5.74, 6) is -0.673. The lowest BCUT2D eigenvalue weighted by Gasteiger charge is -2.33. The van der Waals surface area contributed by atoms with Gasteiger partial charge in [0.05, 0.1) is 11.4 Å². The topological polar surface area (TPSA) is 86.8 Å². The Labute approximate surface area is 262 Å². The molecule has 0 aromatic heterocycles. The number of amides is 2. The first-order valence-electron chi connectivity index (χ1n) is 14.5. The zero-order chi connectivity index (χ0) is 30.4. The van der Waals surface area contributed by atoms with E-state index in [0.29, 0.717) is 6.42 Å². The van der Waals surface area contributed by atoms with Gasteiger partial charge in [-0.15, -0.1) is 0 Å². The van der Waals surface area contributed by atoms with E-state index in [1.165, 1.54) is 11.9 Å². The number of carbonyl (C=O) groups excluding carboxylic acids is 2. The lowest BCUT2D eigenvalue weighted by molar-refractivity contribution is -0.141. The van der Waals surface area contributed by atoms with E-state index in [1.807, 2.05) is 78.9 Å². The summed E-state index contributed by atoms with van der Waals surface area (Å²) in [6.45, 7) is -0.261. The predicted octanol–water partition coefficient (Wildman–Crippen LogP) is 5.92. The Morgan fingerprint density at radius 1 is 0.860 bits per heavy atom. The molecule has 1 saturated carbocycles. The molecule has 1 N–H and O–H groups in total. The molecule has 4 aromatic rings. The number of sulfonamides is 1. The van der Waals surface area contributed by atoms with Gasteiger partial charge in [0.25, 0.3) is 0 Å². The van der Waals surface area contributed by atoms with Crippen LogP contribution in [0, 0.1) is 0 Å². The van der Waals surface area contributed by atoms with Gasteiger partial charge in [0, 0.05) is 30.5 Å². The van der Waals surface area contributed by atoms with Crippen LogP contribution < -0.4 is 5.32 Å². The lowest BCUT2D eigenvalue weighted by atomic mass is 10.0. The van der Waals surface area contributed by atoms with Gasteiger partial charge in [-0.25, -0.2) is 8.42 Å². The summed E-state index contributed by atoms with van der Waals surface area (Å²) in [5.41, 5.74) is 1.74. The van der Waals surface area contributed by atoms with Crippen LogP contribution in [0.3, 0.4) is 0 Å². The van der Waals surface area contributed by atoms with Gasteiger partial charge < -0.3 is 10.2 Å². The Morgan fingerprint density at radius 3 is 2.26 bits per heavy atom. The molecule has 2 amide bonds. The number of carbonyl (C=O) groups is 2. The lowest BCUT2D eigenvalue weighted by Crippen LogP contribution is -2.54. The summed E-state index contributed by atoms with van der Waals surface area (Å²) in [4.78, 5) is 29.7. The molecule has 5 rings (SSSR count). The normalized spacial score (nSPS) is 14.6. The fraction of sp³-hybridized carbons (Fsp3) is 0.294. The number of fused-ring (bicyclic) bond motifs is 1. The molecule has 224 valence electrons. The van der Waals surface area contributed by atoms with E-state index in [1.54, 1.807) is 18.2 Å². The van der Waals surface area contributed by atoms with Gasteiger partial charge in [-0.2, -0.15) is 4.31 Å². The minimum absolute atomic E-state index is 0.0737. The minimum atomic E-state index is -3.98. The average Bonchev–Trinajstić information content (AvgIpc) is 3.52. The van der Waals surface area contributed by atoms with Gasteiger partial charge in [-0.1, -0.05) is 102 Å². The Morgan fingerprint density at radius 2 is 1.53 bits per heavy atom. The average molecular weight is 663 g/mol. The van der Waals surface area contributed by atoms with E-state index >= 15 is 0 Å². The quantitative estimate of drug-likeness (QED) is 0.216. The predicted molar refractivity (Wildman–Crippen MR) is 173 cm³/mol. The fourth-order valence-corrected chi connectivity index (χ4v) is 7.23. The molecule has 1 atom stereocenters. The maximum Gasteiger partial charge on any atom is 0.243 e. The molecular formula is C34H36BrN3O4S. The molecule has 0 bridgehead atoms. The first-order valence-corrected chi connectivity index (χ1v) is 16.8. The van der Waals surface area contributed by atoms with Gasteiger partial charge in [0.1, 0.15) is 6.04 Å². The summed E-state index contributed by atoms with van der Waals surface area (Å²) in [6, 6.07) is 28.9. The van der Waals surface area contributed by atoms with Crippen LogP contribution >= 0.6 is 15.9 Å². The highest BCUT2D eigenvalue weighted by atomic mass is 79.9. The van der Waals surface area contributed by atoms with Crippen LogP contribution in [0.5, 0.6) is 0 Å². The van der Waals surface area contributed by atoms with Crippen molar-refractivity contribution in [3.63, 3.8) is 0 Å². The number of likely N-dealkylation sites (N-methyl/N-ethyl adjacent to an activating group) is 1. The van der Waals surface area contributed by atoms with Crippen molar-refractivity contribution in [1.29, 1.82) is 0 Å². The van der Waals surface area contributed by atoms with Crippen molar-refractivity contribution >= 4 is 48.5 Å². The molecule has 43 heavy (non-hydrogen) atoms. The van der Waals surface area contributed by atoms with Gasteiger partial charge in [-0.3, -0.25) is 9.59 Å². The van der Waals surface area contributed by atoms with Gasteiger partial charge in [0.15, 0.2) is 0 Å². The van der Waals surface area contributed by atoms with E-state index in [2.05, 4.69) is 21.2 Å². The molecule has 0 radical (unpaired) electrons. The van der Waals surface area contributed by atoms with E-state index in [9.17, 15) is 18.0 Å². The van der Waals surface area contributed by atoms with Crippen LogP contribution in [0.1, 0.15) is 36.8 Å². The summed E-state index contributed by atoms with van der Waals surface area (Å²) in [5, 5.41) is 4.91. The van der Waals surface area contributed by atoms with Crippen molar-refractivity contribution < 1.29 is 18.0 Å². The third kappa shape index (κ3) is 7.71. The Balaban J connectivity index is 1.46. The van der Waals surface area contributed by atoms with Crippen molar-refractivity contribution in [3.8, 4) is 0 Å². The first-order chi connectivity index (χ1) is 20.7. The second-order valence-electron chi connectivity index (χ2n) is 11.1. The molecule has 1 aliphatic rings. The number of hydrogen-bond donors (Lipinski definition) is 1. The molecular weight excluding hydrogens is 626 g/mol. The second-order valence-corrected chi connectivity index (χ2v) is 14.1. The summed E-state index contributed by atoms with van der Waals surface area (Å²) >= 11 is 3.51. The summed E-state index contributed by atoms with van der Waals surface area (Å²) < 4.78 is 29.2. The number of halogens is 1. The van der Waals surface area contributed by atoms with Crippen LogP contribution in [0.15, 0.2) is 106 Å². The Kier molecular flexibility index (Phi) is 9.95. The molecule has 4 aromatic carbocycles. The van der Waals surface area contributed by atoms with E-state index in [4.69, 9.17) is 0 Å². The molecule has 9 heteroatoms. The van der Waals surface area contributed by atoms with Crippen molar-refractivity contribution in [2.24, 2.45) is 0 Å². The van der Waals surface area contributed by atoms with Crippen LogP contribution in [-0.4, -0.2) is 55.1 Å². The van der Waals surface area contributed by atoms with Gasteiger partial charge >= 0.3 is 0 Å². The molecule has 1 aliphatic carbocycles. The first kappa shape index (κ1) is 30.9. The zero-order valence-electron chi connectivity index (χ0n) is 24.2. The van der Waals surface area contributed by atoms with E-state index in [0.717, 1.165) is 56.4 Å². The maximum atomic E-state index is 14.1. The molecule has 1 unspecified atom stereocenters. The largest absolute Gasteiger partial charge is 0.352 e. The van der Waals surface area contributed by atoms with Crippen LogP contribution in [0.4, 0.5) is 0 Å². The summed E-state index contributed by atoms with van der Waals surface area (Å²) in [7, 11) is -2.58. The number of rotatable bonds is 11. The Hall–Kier alpha value is -3.53. The SMILES string of the molecule is CN(CC(=O)N(Cc1cccc(Br)c1)C(Cc1ccccc1)C(=O)NC1CCCC1)S(=O)(=O)c1ccc2ccccc2c1. The Bertz CT molecular complexity index is 1690. The molecule has 1 fully saturated rings. The number of nitrogens with one attached hydrogen (secondary N) is 1. The van der Waals surface area contributed by atoms with E-state index < -0.39 is 28.5 Å². The molecule has 0 aliphatic heterocycles. The fourth-order valence-electron chi connectivity index (χ4n) is 5.63. The third-order valence-electron chi connectivity index (χ3n) is 8.00. The number of hydrogen-bond acceptors (Lipinski definition) is 4. The highest BCUT2D eigenvalue weighted by Crippen LogP contribution is 2.24. The molecule has 7 nitrogen and oxygen atoms in total. The van der Waals surface area contributed by atoms with Crippen LogP contribution in [-0.2, 0) is 32.6 Å². The molecule has 0 saturated heterocycles. The van der Waals surface area contributed by atoms with Gasteiger partial charge in [-0.05, 0) is 59.0 Å². The highest BCUT2D eigenvalue weighted by Gasteiger charge is 2.34. The standard InChI is InChI=1S/C34H36BrN3O4S/c1-37(43(41,42)31-19-18-27-13-5-6-14-28(27)22-31)24-33(39)38(23-26-12-9-15-29(35)20-26)32(21-25-10-3-2-4-11-25)34(40)36-30-16-7-8-17-30/h2-6,9-15,18-20,22,30,32H,7-8,16-17,21,23-24H2,1H3,(H,36,40). The van der Waals surface area contributed by atoms with Crippen molar-refractivity contribution in [2.45, 2.75) is 55.6 Å². The second kappa shape index (κ2) is 13.8. The molecule has 0 heterocycles. The highest BCUT2D eigenvalue weighted by molar-refractivity contribution is 9.10. The maximum absolute atomic E-state index is 14.1. The monoisotopic (exact) mass is 661 g/mol. The number of benzene rings is 4. The smallest absolute Gasteiger partial charge is 0.243 e. The zero-order valence-corrected chi connectivity index (χ0v) is 26.6. The van der Waals surface area contributed by atoms with Gasteiger partial charge in [0.2, 0.25) is 21.8 Å².